The van der Waals surface area contributed by atoms with Gasteiger partial charge in [0.15, 0.2) is 0 Å². The van der Waals surface area contributed by atoms with Crippen LogP contribution in [0.15, 0.2) is 24.3 Å². The Morgan fingerprint density at radius 2 is 1.89 bits per heavy atom. The molecule has 2 nitrogen and oxygen atoms in total. The van der Waals surface area contributed by atoms with Gasteiger partial charge in [0.05, 0.1) is 0 Å². The van der Waals surface area contributed by atoms with Crippen LogP contribution in [0.5, 0.6) is 5.75 Å². The van der Waals surface area contributed by atoms with Gasteiger partial charge in [-0.3, -0.25) is 0 Å². The third kappa shape index (κ3) is 7.28. The number of halogens is 4. The Hall–Kier alpha value is -0.940. The minimum absolute atomic E-state index is 0.202. The fraction of sp³-hybridized carbons (Fsp3) is 0.538. The molecule has 0 radical (unpaired) electrons. The fourth-order valence-electron chi connectivity index (χ4n) is 1.56. The summed E-state index contributed by atoms with van der Waals surface area (Å²) in [6.45, 7) is 3.53. The highest BCUT2D eigenvalue weighted by molar-refractivity contribution is 6.17. The maximum atomic E-state index is 12.0. The summed E-state index contributed by atoms with van der Waals surface area (Å²) in [5, 5.41) is 3.23. The molecule has 1 aromatic carbocycles. The number of hydrogen-bond donors (Lipinski definition) is 1. The summed E-state index contributed by atoms with van der Waals surface area (Å²) in [4.78, 5) is 0. The average Bonchev–Trinajstić information content (AvgIpc) is 2.30. The second-order valence-corrected chi connectivity index (χ2v) is 4.78. The lowest BCUT2D eigenvalue weighted by molar-refractivity contribution is -0.274. The van der Waals surface area contributed by atoms with Gasteiger partial charge in [-0.15, -0.1) is 24.8 Å². The van der Waals surface area contributed by atoms with Crippen molar-refractivity contribution in [1.82, 2.24) is 5.32 Å². The highest BCUT2D eigenvalue weighted by Crippen LogP contribution is 2.22. The molecule has 0 amide bonds. The molecule has 0 aliphatic rings. The van der Waals surface area contributed by atoms with Crippen molar-refractivity contribution in [3.8, 4) is 5.75 Å². The summed E-state index contributed by atoms with van der Waals surface area (Å²) in [5.74, 6) is 0.906. The van der Waals surface area contributed by atoms with Gasteiger partial charge in [0.1, 0.15) is 5.75 Å². The molecule has 19 heavy (non-hydrogen) atoms. The first-order valence-corrected chi connectivity index (χ1v) is 6.55. The van der Waals surface area contributed by atoms with Gasteiger partial charge in [0, 0.05) is 12.4 Å². The minimum atomic E-state index is -4.64. The number of rotatable bonds is 7. The van der Waals surface area contributed by atoms with Crippen molar-refractivity contribution in [2.24, 2.45) is 5.92 Å². The lowest BCUT2D eigenvalue weighted by atomic mass is 10.1. The van der Waals surface area contributed by atoms with E-state index in [1.165, 1.54) is 12.1 Å². The van der Waals surface area contributed by atoms with E-state index in [0.717, 1.165) is 18.5 Å². The van der Waals surface area contributed by atoms with Crippen LogP contribution in [0, 0.1) is 5.92 Å². The van der Waals surface area contributed by atoms with Gasteiger partial charge < -0.3 is 10.1 Å². The second kappa shape index (κ2) is 7.60. The average molecular weight is 296 g/mol. The van der Waals surface area contributed by atoms with Crippen LogP contribution in [0.4, 0.5) is 13.2 Å². The molecule has 1 N–H and O–H groups in total. The minimum Gasteiger partial charge on any atom is -0.406 e. The molecule has 0 aliphatic carbocycles. The van der Waals surface area contributed by atoms with Crippen LogP contribution in [0.3, 0.4) is 0 Å². The zero-order valence-electron chi connectivity index (χ0n) is 10.6. The lowest BCUT2D eigenvalue weighted by Gasteiger charge is -2.12. The Kier molecular flexibility index (Phi) is 6.45. The maximum absolute atomic E-state index is 12.0. The largest absolute Gasteiger partial charge is 0.573 e. The molecule has 1 unspecified atom stereocenters. The Balaban J connectivity index is 2.36. The molecule has 108 valence electrons. The highest BCUT2D eigenvalue weighted by atomic mass is 35.5. The number of alkyl halides is 4. The van der Waals surface area contributed by atoms with Crippen LogP contribution < -0.4 is 10.1 Å². The SMILES string of the molecule is CC(CCCl)CNCc1ccc(OC(F)(F)F)cc1. The third-order valence-corrected chi connectivity index (χ3v) is 2.80. The molecule has 0 spiro atoms. The van der Waals surface area contributed by atoms with Crippen LogP contribution in [0.1, 0.15) is 18.9 Å². The Bertz CT molecular complexity index is 367. The topological polar surface area (TPSA) is 21.3 Å². The third-order valence-electron chi connectivity index (χ3n) is 2.58. The quantitative estimate of drug-likeness (QED) is 0.769. The molecule has 0 fully saturated rings. The van der Waals surface area contributed by atoms with Gasteiger partial charge in [-0.25, -0.2) is 0 Å². The zero-order valence-corrected chi connectivity index (χ0v) is 11.4. The van der Waals surface area contributed by atoms with E-state index in [1.807, 2.05) is 0 Å². The van der Waals surface area contributed by atoms with Gasteiger partial charge in [-0.05, 0) is 36.6 Å². The molecular formula is C13H17ClF3NO. The van der Waals surface area contributed by atoms with Crippen molar-refractivity contribution in [3.63, 3.8) is 0 Å². The number of benzene rings is 1. The summed E-state index contributed by atoms with van der Waals surface area (Å²) in [6, 6.07) is 5.85. The molecule has 1 atom stereocenters. The van der Waals surface area contributed by atoms with Crippen LogP contribution in [0.2, 0.25) is 0 Å². The molecule has 0 aromatic heterocycles. The number of ether oxygens (including phenoxy) is 1. The van der Waals surface area contributed by atoms with Crippen LogP contribution in [-0.4, -0.2) is 18.8 Å². The van der Waals surface area contributed by atoms with E-state index in [2.05, 4.69) is 17.0 Å². The standard InChI is InChI=1S/C13H17ClF3NO/c1-10(6-7-14)8-18-9-11-2-4-12(5-3-11)19-13(15,16)17/h2-5,10,18H,6-9H2,1H3. The van der Waals surface area contributed by atoms with Crippen LogP contribution >= 0.6 is 11.6 Å². The molecule has 0 saturated carbocycles. The first kappa shape index (κ1) is 16.1. The van der Waals surface area contributed by atoms with Gasteiger partial charge in [-0.1, -0.05) is 19.1 Å². The summed E-state index contributed by atoms with van der Waals surface area (Å²) in [7, 11) is 0. The second-order valence-electron chi connectivity index (χ2n) is 4.41. The molecule has 1 rings (SSSR count). The fourth-order valence-corrected chi connectivity index (χ4v) is 1.93. The van der Waals surface area contributed by atoms with E-state index in [9.17, 15) is 13.2 Å². The molecule has 0 bridgehead atoms. The van der Waals surface area contributed by atoms with E-state index in [4.69, 9.17) is 11.6 Å². The van der Waals surface area contributed by atoms with Crippen molar-refractivity contribution in [2.75, 3.05) is 12.4 Å². The van der Waals surface area contributed by atoms with Gasteiger partial charge in [-0.2, -0.15) is 0 Å². The smallest absolute Gasteiger partial charge is 0.406 e. The van der Waals surface area contributed by atoms with E-state index in [-0.39, 0.29) is 5.75 Å². The van der Waals surface area contributed by atoms with Crippen molar-refractivity contribution in [2.45, 2.75) is 26.3 Å². The van der Waals surface area contributed by atoms with Gasteiger partial charge in [0.2, 0.25) is 0 Å². The summed E-state index contributed by atoms with van der Waals surface area (Å²) in [6.07, 6.45) is -3.70. The van der Waals surface area contributed by atoms with Crippen LogP contribution in [0.25, 0.3) is 0 Å². The first-order valence-electron chi connectivity index (χ1n) is 6.02. The van der Waals surface area contributed by atoms with Gasteiger partial charge in [0.25, 0.3) is 0 Å². The van der Waals surface area contributed by atoms with E-state index in [0.29, 0.717) is 18.3 Å². The molecule has 6 heteroatoms. The first-order chi connectivity index (χ1) is 8.90. The predicted molar refractivity (Wildman–Crippen MR) is 69.3 cm³/mol. The predicted octanol–water partition coefficient (Wildman–Crippen LogP) is 3.94. The van der Waals surface area contributed by atoms with Crippen molar-refractivity contribution in [3.05, 3.63) is 29.8 Å². The molecule has 0 aliphatic heterocycles. The monoisotopic (exact) mass is 295 g/mol. The molecule has 1 aromatic rings. The van der Waals surface area contributed by atoms with Gasteiger partial charge >= 0.3 is 6.36 Å². The van der Waals surface area contributed by atoms with Crippen molar-refractivity contribution >= 4 is 11.6 Å². The Labute approximate surface area is 115 Å². The number of nitrogens with one attached hydrogen (secondary N) is 1. The summed E-state index contributed by atoms with van der Waals surface area (Å²) >= 11 is 5.63. The van der Waals surface area contributed by atoms with Crippen molar-refractivity contribution < 1.29 is 17.9 Å². The summed E-state index contributed by atoms with van der Waals surface area (Å²) in [5.41, 5.74) is 0.910. The lowest BCUT2D eigenvalue weighted by Crippen LogP contribution is -2.21. The normalized spacial score (nSPS) is 13.3. The highest BCUT2D eigenvalue weighted by Gasteiger charge is 2.30. The number of hydrogen-bond acceptors (Lipinski definition) is 2. The van der Waals surface area contributed by atoms with E-state index in [1.54, 1.807) is 12.1 Å². The summed E-state index contributed by atoms with van der Waals surface area (Å²) < 4.78 is 39.7. The molecule has 0 saturated heterocycles. The Morgan fingerprint density at radius 1 is 1.26 bits per heavy atom. The molecular weight excluding hydrogens is 279 g/mol. The maximum Gasteiger partial charge on any atom is 0.573 e. The zero-order chi connectivity index (χ0) is 14.3. The van der Waals surface area contributed by atoms with Crippen molar-refractivity contribution in [1.29, 1.82) is 0 Å². The van der Waals surface area contributed by atoms with E-state index < -0.39 is 6.36 Å². The Morgan fingerprint density at radius 3 is 2.42 bits per heavy atom. The molecule has 0 heterocycles. The van der Waals surface area contributed by atoms with E-state index >= 15 is 0 Å². The van der Waals surface area contributed by atoms with Crippen LogP contribution in [-0.2, 0) is 6.54 Å².